The third kappa shape index (κ3) is 3.08. The lowest BCUT2D eigenvalue weighted by molar-refractivity contribution is -0.137. The molecule has 0 fully saturated rings. The van der Waals surface area contributed by atoms with E-state index in [2.05, 4.69) is 0 Å². The Bertz CT molecular complexity index is 708. The lowest BCUT2D eigenvalue weighted by Gasteiger charge is -2.06. The van der Waals surface area contributed by atoms with Crippen LogP contribution in [0.5, 0.6) is 0 Å². The van der Waals surface area contributed by atoms with Gasteiger partial charge in [-0.25, -0.2) is 0 Å². The molecule has 0 spiro atoms. The topological polar surface area (TPSA) is 29.5 Å². The van der Waals surface area contributed by atoms with Crippen molar-refractivity contribution in [3.8, 4) is 0 Å². The molecule has 0 aromatic heterocycles. The summed E-state index contributed by atoms with van der Waals surface area (Å²) in [5, 5.41) is 9.54. The highest BCUT2D eigenvalue weighted by Gasteiger charge is 2.29. The van der Waals surface area contributed by atoms with E-state index in [-0.39, 0.29) is 0 Å². The molecule has 0 saturated carbocycles. The van der Waals surface area contributed by atoms with E-state index in [4.69, 9.17) is 4.65 Å². The molecule has 2 nitrogen and oxygen atoms in total. The van der Waals surface area contributed by atoms with Gasteiger partial charge in [0.25, 0.3) is 0 Å². The SMILES string of the molecule is OB1OCc2cc(/C=C/c3ccc(C(F)(F)F)cc3)ccc21. The summed E-state index contributed by atoms with van der Waals surface area (Å²) in [6, 6.07) is 10.5. The first kappa shape index (κ1) is 14.9. The maximum Gasteiger partial charge on any atom is 0.491 e. The molecule has 0 bridgehead atoms. The van der Waals surface area contributed by atoms with Crippen molar-refractivity contribution in [2.45, 2.75) is 12.8 Å². The van der Waals surface area contributed by atoms with Gasteiger partial charge in [-0.05, 0) is 40.4 Å². The molecule has 2 aromatic carbocycles. The second kappa shape index (κ2) is 5.63. The van der Waals surface area contributed by atoms with Crippen LogP contribution in [0.1, 0.15) is 22.3 Å². The average molecular weight is 304 g/mol. The number of alkyl halides is 3. The largest absolute Gasteiger partial charge is 0.491 e. The number of rotatable bonds is 2. The lowest BCUT2D eigenvalue weighted by Crippen LogP contribution is -2.27. The predicted octanol–water partition coefficient (Wildman–Crippen LogP) is 3.09. The molecule has 1 heterocycles. The fourth-order valence-electron chi connectivity index (χ4n) is 2.33. The molecule has 0 saturated heterocycles. The van der Waals surface area contributed by atoms with Gasteiger partial charge < -0.3 is 9.68 Å². The number of hydrogen-bond donors (Lipinski definition) is 1. The van der Waals surface area contributed by atoms with E-state index in [0.717, 1.165) is 28.7 Å². The Morgan fingerprint density at radius 3 is 2.32 bits per heavy atom. The van der Waals surface area contributed by atoms with E-state index in [0.29, 0.717) is 12.2 Å². The van der Waals surface area contributed by atoms with Crippen molar-refractivity contribution in [1.82, 2.24) is 0 Å². The summed E-state index contributed by atoms with van der Waals surface area (Å²) in [4.78, 5) is 0. The van der Waals surface area contributed by atoms with Crippen LogP contribution in [0.2, 0.25) is 0 Å². The minimum atomic E-state index is -4.32. The molecular weight excluding hydrogens is 292 g/mol. The van der Waals surface area contributed by atoms with Gasteiger partial charge in [0.05, 0.1) is 12.2 Å². The summed E-state index contributed by atoms with van der Waals surface area (Å²) in [6.07, 6.45) is -0.759. The Morgan fingerprint density at radius 2 is 1.64 bits per heavy atom. The first-order valence-corrected chi connectivity index (χ1v) is 6.71. The highest BCUT2D eigenvalue weighted by atomic mass is 19.4. The zero-order valence-electron chi connectivity index (χ0n) is 11.5. The Kier molecular flexibility index (Phi) is 3.80. The van der Waals surface area contributed by atoms with Crippen LogP contribution in [0.4, 0.5) is 13.2 Å². The van der Waals surface area contributed by atoms with Crippen molar-refractivity contribution < 1.29 is 22.8 Å². The molecule has 22 heavy (non-hydrogen) atoms. The van der Waals surface area contributed by atoms with Crippen molar-refractivity contribution in [2.24, 2.45) is 0 Å². The average Bonchev–Trinajstić information content (AvgIpc) is 2.86. The van der Waals surface area contributed by atoms with Gasteiger partial charge in [-0.3, -0.25) is 0 Å². The molecule has 0 aliphatic carbocycles. The van der Waals surface area contributed by atoms with Crippen molar-refractivity contribution >= 4 is 24.7 Å². The summed E-state index contributed by atoms with van der Waals surface area (Å²) in [6.45, 7) is 0.360. The van der Waals surface area contributed by atoms with Crippen LogP contribution in [0.3, 0.4) is 0 Å². The molecule has 6 heteroatoms. The van der Waals surface area contributed by atoms with Crippen LogP contribution in [-0.2, 0) is 17.4 Å². The van der Waals surface area contributed by atoms with E-state index < -0.39 is 18.9 Å². The normalized spacial score (nSPS) is 14.6. The van der Waals surface area contributed by atoms with Gasteiger partial charge in [0.1, 0.15) is 0 Å². The zero-order chi connectivity index (χ0) is 15.7. The van der Waals surface area contributed by atoms with E-state index in [1.54, 1.807) is 12.1 Å². The van der Waals surface area contributed by atoms with Crippen LogP contribution in [-0.4, -0.2) is 12.1 Å². The van der Waals surface area contributed by atoms with Crippen molar-refractivity contribution in [3.63, 3.8) is 0 Å². The second-order valence-corrected chi connectivity index (χ2v) is 5.07. The van der Waals surface area contributed by atoms with Gasteiger partial charge in [0, 0.05) is 0 Å². The summed E-state index contributed by atoms with van der Waals surface area (Å²) in [5.74, 6) is 0. The van der Waals surface area contributed by atoms with E-state index in [1.807, 2.05) is 18.2 Å². The molecule has 3 rings (SSSR count). The van der Waals surface area contributed by atoms with Crippen molar-refractivity contribution in [1.29, 1.82) is 0 Å². The Hall–Kier alpha value is -2.05. The van der Waals surface area contributed by atoms with Crippen LogP contribution in [0.25, 0.3) is 12.2 Å². The van der Waals surface area contributed by atoms with Gasteiger partial charge >= 0.3 is 13.3 Å². The highest BCUT2D eigenvalue weighted by molar-refractivity contribution is 6.61. The Balaban J connectivity index is 1.77. The molecular formula is C16H12BF3O2. The van der Waals surface area contributed by atoms with Gasteiger partial charge in [0.2, 0.25) is 0 Å². The molecule has 1 aliphatic heterocycles. The van der Waals surface area contributed by atoms with Gasteiger partial charge in [-0.2, -0.15) is 13.2 Å². The molecule has 0 unspecified atom stereocenters. The van der Waals surface area contributed by atoms with Crippen LogP contribution in [0.15, 0.2) is 42.5 Å². The van der Waals surface area contributed by atoms with Crippen LogP contribution < -0.4 is 5.46 Å². The monoisotopic (exact) mass is 304 g/mol. The first-order valence-electron chi connectivity index (χ1n) is 6.71. The molecule has 2 aromatic rings. The number of fused-ring (bicyclic) bond motifs is 1. The van der Waals surface area contributed by atoms with Crippen molar-refractivity contribution in [3.05, 3.63) is 64.7 Å². The van der Waals surface area contributed by atoms with Gasteiger partial charge in [-0.15, -0.1) is 0 Å². The summed E-state index contributed by atoms with van der Waals surface area (Å²) in [5.41, 5.74) is 2.60. The third-order valence-electron chi connectivity index (χ3n) is 3.54. The lowest BCUT2D eigenvalue weighted by atomic mass is 9.79. The molecule has 1 N–H and O–H groups in total. The van der Waals surface area contributed by atoms with Gasteiger partial charge in [0.15, 0.2) is 0 Å². The summed E-state index contributed by atoms with van der Waals surface area (Å²) in [7, 11) is -0.872. The fraction of sp³-hybridized carbons (Fsp3) is 0.125. The Morgan fingerprint density at radius 1 is 1.00 bits per heavy atom. The minimum Gasteiger partial charge on any atom is -0.423 e. The molecule has 1 aliphatic rings. The van der Waals surface area contributed by atoms with Gasteiger partial charge in [-0.1, -0.05) is 36.4 Å². The maximum absolute atomic E-state index is 12.5. The Labute approximate surface area is 126 Å². The molecule has 0 amide bonds. The molecule has 112 valence electrons. The second-order valence-electron chi connectivity index (χ2n) is 5.07. The zero-order valence-corrected chi connectivity index (χ0v) is 11.5. The number of halogens is 3. The first-order chi connectivity index (χ1) is 10.4. The highest BCUT2D eigenvalue weighted by Crippen LogP contribution is 2.29. The minimum absolute atomic E-state index is 0.360. The quantitative estimate of drug-likeness (QED) is 0.682. The summed E-state index contributed by atoms with van der Waals surface area (Å²) < 4.78 is 42.5. The van der Waals surface area contributed by atoms with Crippen molar-refractivity contribution in [2.75, 3.05) is 0 Å². The molecule has 0 radical (unpaired) electrons. The van der Waals surface area contributed by atoms with E-state index in [1.165, 1.54) is 12.1 Å². The molecule has 0 atom stereocenters. The summed E-state index contributed by atoms with van der Waals surface area (Å²) >= 11 is 0. The predicted molar refractivity (Wildman–Crippen MR) is 79.2 cm³/mol. The number of hydrogen-bond acceptors (Lipinski definition) is 2. The third-order valence-corrected chi connectivity index (χ3v) is 3.54. The van der Waals surface area contributed by atoms with Crippen LogP contribution in [0, 0.1) is 0 Å². The van der Waals surface area contributed by atoms with E-state index >= 15 is 0 Å². The van der Waals surface area contributed by atoms with Crippen LogP contribution >= 0.6 is 0 Å². The standard InChI is InChI=1S/C16H12BF3O2/c18-16(19,20)14-6-3-11(4-7-14)1-2-12-5-8-15-13(9-12)10-22-17(15)21/h1-9,21H,10H2/b2-1+. The maximum atomic E-state index is 12.5. The van der Waals surface area contributed by atoms with E-state index in [9.17, 15) is 18.2 Å². The number of benzene rings is 2. The smallest absolute Gasteiger partial charge is 0.423 e. The fourth-order valence-corrected chi connectivity index (χ4v) is 2.33.